The number of aliphatic hydroxyl groups is 1. The molecule has 65 heavy (non-hydrogen) atoms. The predicted octanol–water partition coefficient (Wildman–Crippen LogP) is 13.9. The molecule has 5 N–H and O–H groups in total. The van der Waals surface area contributed by atoms with Crippen LogP contribution in [0.25, 0.3) is 0 Å². The highest BCUT2D eigenvalue weighted by Crippen LogP contribution is 2.13. The second kappa shape index (κ2) is 58.4. The molecule has 0 aromatic carbocycles. The molecule has 3 amide bonds. The fourth-order valence-corrected chi connectivity index (χ4v) is 8.27. The van der Waals surface area contributed by atoms with E-state index in [1.54, 1.807) is 0 Å². The summed E-state index contributed by atoms with van der Waals surface area (Å²) in [6, 6.07) is 0. The van der Waals surface area contributed by atoms with Crippen molar-refractivity contribution in [3.63, 3.8) is 0 Å². The first-order valence-corrected chi connectivity index (χ1v) is 28.8. The van der Waals surface area contributed by atoms with Gasteiger partial charge in [-0.05, 0) is 58.0 Å². The zero-order chi connectivity index (χ0) is 47.8. The van der Waals surface area contributed by atoms with Crippen LogP contribution in [-0.4, -0.2) is 86.7 Å². The van der Waals surface area contributed by atoms with Crippen molar-refractivity contribution in [2.24, 2.45) is 0 Å². The van der Waals surface area contributed by atoms with Crippen molar-refractivity contribution in [3.05, 3.63) is 0 Å². The standard InChI is InChI=1S/C35H71N3O3.C21H44N2O/c1-3-5-7-9-11-13-15-17-19-22-28-36-34(40)26-31-38(30-24-21-25-33-39)32-27-35(41)37-29-23-20-18-16-14-12-10-8-6-4-2;1-3-5-7-9-10-11-12-13-14-16-19-23-21(24)17-20-22-18-15-8-6-4-2/h39H,3-33H2,1-2H3,(H,36,40)(H,37,41);22H,3-20H2,1-2H3,(H,23,24). The lowest BCUT2D eigenvalue weighted by molar-refractivity contribution is -0.122. The number of unbranched alkanes of at least 4 members (excludes halogenated alkanes) is 32. The molecule has 0 aliphatic heterocycles. The molecule has 0 aliphatic rings. The molecule has 0 aromatic rings. The lowest BCUT2D eigenvalue weighted by Crippen LogP contribution is -2.35. The summed E-state index contributed by atoms with van der Waals surface area (Å²) in [5, 5.41) is 21.6. The Morgan fingerprint density at radius 1 is 0.308 bits per heavy atom. The van der Waals surface area contributed by atoms with E-state index in [2.05, 4.69) is 53.9 Å². The second-order valence-corrected chi connectivity index (χ2v) is 19.3. The first-order chi connectivity index (χ1) is 31.9. The molecule has 0 fully saturated rings. The Kier molecular flexibility index (Phi) is 58.7. The maximum atomic E-state index is 12.4. The van der Waals surface area contributed by atoms with Gasteiger partial charge in [-0.15, -0.1) is 0 Å². The summed E-state index contributed by atoms with van der Waals surface area (Å²) in [7, 11) is 0. The van der Waals surface area contributed by atoms with Crippen LogP contribution in [-0.2, 0) is 14.4 Å². The minimum atomic E-state index is 0.117. The normalized spacial score (nSPS) is 11.2. The third kappa shape index (κ3) is 58.4. The molecule has 0 spiro atoms. The van der Waals surface area contributed by atoms with Crippen LogP contribution in [0, 0.1) is 0 Å². The second-order valence-electron chi connectivity index (χ2n) is 19.3. The van der Waals surface area contributed by atoms with Crippen LogP contribution in [0.1, 0.15) is 285 Å². The Hall–Kier alpha value is -1.71. The van der Waals surface area contributed by atoms with Crippen LogP contribution in [0.5, 0.6) is 0 Å². The van der Waals surface area contributed by atoms with E-state index in [1.807, 2.05) is 0 Å². The molecule has 0 rings (SSSR count). The largest absolute Gasteiger partial charge is 0.396 e. The summed E-state index contributed by atoms with van der Waals surface area (Å²) in [4.78, 5) is 38.7. The van der Waals surface area contributed by atoms with Gasteiger partial charge in [0, 0.05) is 65.1 Å². The Balaban J connectivity index is 0. The van der Waals surface area contributed by atoms with Crippen molar-refractivity contribution in [1.29, 1.82) is 0 Å². The van der Waals surface area contributed by atoms with E-state index in [-0.39, 0.29) is 24.3 Å². The van der Waals surface area contributed by atoms with Crippen molar-refractivity contribution < 1.29 is 19.5 Å². The molecular formula is C56H115N5O4. The number of carbonyl (C=O) groups is 3. The number of aliphatic hydroxyl groups excluding tert-OH is 1. The molecule has 0 atom stereocenters. The number of amides is 3. The summed E-state index contributed by atoms with van der Waals surface area (Å²) < 4.78 is 0. The number of nitrogens with one attached hydrogen (secondary N) is 4. The first-order valence-electron chi connectivity index (χ1n) is 28.8. The molecular weight excluding hydrogens is 807 g/mol. The van der Waals surface area contributed by atoms with Gasteiger partial charge < -0.3 is 31.3 Å². The Morgan fingerprint density at radius 3 is 0.923 bits per heavy atom. The lowest BCUT2D eigenvalue weighted by Gasteiger charge is -2.22. The van der Waals surface area contributed by atoms with Gasteiger partial charge in [-0.1, -0.05) is 220 Å². The van der Waals surface area contributed by atoms with Crippen LogP contribution in [0.4, 0.5) is 0 Å². The average molecular weight is 923 g/mol. The summed E-state index contributed by atoms with van der Waals surface area (Å²) in [5.41, 5.74) is 0. The van der Waals surface area contributed by atoms with Gasteiger partial charge in [0.2, 0.25) is 17.7 Å². The number of carbonyl (C=O) groups excluding carboxylic acids is 3. The summed E-state index contributed by atoms with van der Waals surface area (Å²) in [6.45, 7) is 15.8. The molecule has 0 unspecified atom stereocenters. The van der Waals surface area contributed by atoms with Gasteiger partial charge in [-0.3, -0.25) is 14.4 Å². The van der Waals surface area contributed by atoms with Crippen LogP contribution in [0.2, 0.25) is 0 Å². The molecule has 0 saturated heterocycles. The van der Waals surface area contributed by atoms with E-state index in [9.17, 15) is 14.4 Å². The molecule has 0 aliphatic carbocycles. The third-order valence-corrected chi connectivity index (χ3v) is 12.7. The van der Waals surface area contributed by atoms with Crippen LogP contribution < -0.4 is 21.3 Å². The van der Waals surface area contributed by atoms with E-state index in [0.717, 1.165) is 77.8 Å². The van der Waals surface area contributed by atoms with E-state index < -0.39 is 0 Å². The highest BCUT2D eigenvalue weighted by molar-refractivity contribution is 5.77. The smallest absolute Gasteiger partial charge is 0.221 e. The zero-order valence-electron chi connectivity index (χ0n) is 44.3. The first kappa shape index (κ1) is 65.4. The predicted molar refractivity (Wildman–Crippen MR) is 283 cm³/mol. The quantitative estimate of drug-likeness (QED) is 0.0387. The SMILES string of the molecule is CCCCCCCCCCCCNC(=O)CCN(CCCCCO)CCC(=O)NCCCCCCCCCCCC.CCCCCCCCCCCCNC(=O)CCNCCCCCC. The highest BCUT2D eigenvalue weighted by atomic mass is 16.3. The van der Waals surface area contributed by atoms with Crippen molar-refractivity contribution >= 4 is 17.7 Å². The topological polar surface area (TPSA) is 123 Å². The number of hydrogen-bond donors (Lipinski definition) is 5. The Bertz CT molecular complexity index is 912. The lowest BCUT2D eigenvalue weighted by atomic mass is 10.1. The van der Waals surface area contributed by atoms with E-state index in [4.69, 9.17) is 5.11 Å². The van der Waals surface area contributed by atoms with E-state index >= 15 is 0 Å². The van der Waals surface area contributed by atoms with Crippen molar-refractivity contribution in [1.82, 2.24) is 26.2 Å². The highest BCUT2D eigenvalue weighted by Gasteiger charge is 2.11. The molecule has 0 aromatic heterocycles. The summed E-state index contributed by atoms with van der Waals surface area (Å²) in [6.07, 6.45) is 48.9. The Morgan fingerprint density at radius 2 is 0.585 bits per heavy atom. The van der Waals surface area contributed by atoms with Gasteiger partial charge in [-0.2, -0.15) is 0 Å². The van der Waals surface area contributed by atoms with Gasteiger partial charge >= 0.3 is 0 Å². The maximum absolute atomic E-state index is 12.4. The van der Waals surface area contributed by atoms with Gasteiger partial charge in [0.1, 0.15) is 0 Å². The average Bonchev–Trinajstić information content (AvgIpc) is 3.31. The van der Waals surface area contributed by atoms with Crippen molar-refractivity contribution in [3.8, 4) is 0 Å². The zero-order valence-corrected chi connectivity index (χ0v) is 44.3. The van der Waals surface area contributed by atoms with Crippen molar-refractivity contribution in [2.45, 2.75) is 285 Å². The van der Waals surface area contributed by atoms with Gasteiger partial charge in [0.15, 0.2) is 0 Å². The third-order valence-electron chi connectivity index (χ3n) is 12.7. The van der Waals surface area contributed by atoms with E-state index in [1.165, 1.54) is 199 Å². The van der Waals surface area contributed by atoms with Gasteiger partial charge in [-0.25, -0.2) is 0 Å². The fraction of sp³-hybridized carbons (Fsp3) is 0.946. The molecule has 0 radical (unpaired) electrons. The van der Waals surface area contributed by atoms with Gasteiger partial charge in [0.25, 0.3) is 0 Å². The molecule has 9 nitrogen and oxygen atoms in total. The molecule has 9 heteroatoms. The summed E-state index contributed by atoms with van der Waals surface area (Å²) >= 11 is 0. The van der Waals surface area contributed by atoms with Crippen LogP contribution in [0.15, 0.2) is 0 Å². The number of rotatable bonds is 52. The minimum absolute atomic E-state index is 0.117. The fourth-order valence-electron chi connectivity index (χ4n) is 8.27. The maximum Gasteiger partial charge on any atom is 0.221 e. The van der Waals surface area contributed by atoms with Crippen molar-refractivity contribution in [2.75, 3.05) is 59.0 Å². The van der Waals surface area contributed by atoms with Gasteiger partial charge in [0.05, 0.1) is 0 Å². The number of hydrogen-bond acceptors (Lipinski definition) is 6. The molecule has 0 bridgehead atoms. The summed E-state index contributed by atoms with van der Waals surface area (Å²) in [5.74, 6) is 0.436. The number of nitrogens with zero attached hydrogens (tertiary/aromatic N) is 1. The van der Waals surface area contributed by atoms with E-state index in [0.29, 0.717) is 32.4 Å². The van der Waals surface area contributed by atoms with Crippen LogP contribution in [0.3, 0.4) is 0 Å². The Labute approximate surface area is 405 Å². The molecule has 0 heterocycles. The minimum Gasteiger partial charge on any atom is -0.396 e. The van der Waals surface area contributed by atoms with Crippen LogP contribution >= 0.6 is 0 Å². The molecule has 388 valence electrons. The monoisotopic (exact) mass is 922 g/mol. The molecule has 0 saturated carbocycles.